The molecule has 182 valence electrons. The van der Waals surface area contributed by atoms with Crippen LogP contribution in [-0.2, 0) is 14.8 Å². The predicted octanol–water partition coefficient (Wildman–Crippen LogP) is 5.37. The van der Waals surface area contributed by atoms with E-state index in [9.17, 15) is 13.7 Å². The Labute approximate surface area is 205 Å². The van der Waals surface area contributed by atoms with Crippen molar-refractivity contribution in [2.24, 2.45) is 0 Å². The van der Waals surface area contributed by atoms with Crippen LogP contribution in [0.4, 0.5) is 5.69 Å². The van der Waals surface area contributed by atoms with Crippen molar-refractivity contribution in [3.05, 3.63) is 48.0 Å². The highest BCUT2D eigenvalue weighted by Crippen LogP contribution is 2.43. The van der Waals surface area contributed by atoms with Gasteiger partial charge >= 0.3 is 0 Å². The van der Waals surface area contributed by atoms with Crippen LogP contribution in [0.5, 0.6) is 5.75 Å². The molecule has 0 unspecified atom stereocenters. The first-order valence-electron chi connectivity index (χ1n) is 12.5. The average molecular weight is 492 g/mol. The summed E-state index contributed by atoms with van der Waals surface area (Å²) < 4.78 is 41.3. The summed E-state index contributed by atoms with van der Waals surface area (Å²) in [5.41, 5.74) is 4.03. The van der Waals surface area contributed by atoms with E-state index < -0.39 is 10.0 Å². The normalized spacial score (nSPS) is 19.3. The molecular weight excluding hydrogens is 462 g/mol. The number of anilines is 1. The number of nitriles is 1. The third-order valence-corrected chi connectivity index (χ3v) is 9.25. The predicted molar refractivity (Wildman–Crippen MR) is 135 cm³/mol. The van der Waals surface area contributed by atoms with Crippen LogP contribution in [0.15, 0.2) is 42.5 Å². The number of hydrogen-bond donors (Lipinski definition) is 1. The lowest BCUT2D eigenvalue weighted by atomic mass is 9.92. The lowest BCUT2D eigenvalue weighted by molar-refractivity contribution is 0.0256. The summed E-state index contributed by atoms with van der Waals surface area (Å²) in [6.07, 6.45) is 6.66. The zero-order valence-corrected chi connectivity index (χ0v) is 20.4. The fraction of sp³-hybridized carbons (Fsp3) is 0.444. The van der Waals surface area contributed by atoms with Gasteiger partial charge in [-0.05, 0) is 68.0 Å². The minimum Gasteiger partial charge on any atom is -0.490 e. The molecule has 0 amide bonds. The van der Waals surface area contributed by atoms with E-state index in [1.54, 1.807) is 12.1 Å². The number of fused-ring (bicyclic) bond motifs is 1. The summed E-state index contributed by atoms with van der Waals surface area (Å²) in [6, 6.07) is 16.3. The molecule has 2 aromatic carbocycles. The van der Waals surface area contributed by atoms with Gasteiger partial charge in [-0.15, -0.1) is 0 Å². The van der Waals surface area contributed by atoms with Gasteiger partial charge in [-0.2, -0.15) is 5.26 Å². The van der Waals surface area contributed by atoms with E-state index in [-0.39, 0.29) is 11.4 Å². The number of sulfonamides is 1. The first-order chi connectivity index (χ1) is 17.0. The van der Waals surface area contributed by atoms with Crippen LogP contribution in [0.2, 0.25) is 0 Å². The summed E-state index contributed by atoms with van der Waals surface area (Å²) in [5.74, 6) is 0.781. The second-order valence-electron chi connectivity index (χ2n) is 9.82. The number of nitrogens with zero attached hydrogens (tertiary/aromatic N) is 2. The number of hydrogen-bond acceptors (Lipinski definition) is 5. The summed E-state index contributed by atoms with van der Waals surface area (Å²) >= 11 is 0. The molecule has 2 aliphatic carbocycles. The highest BCUT2D eigenvalue weighted by atomic mass is 32.2. The quantitative estimate of drug-likeness (QED) is 0.480. The molecular formula is C27H29N3O4S. The Morgan fingerprint density at radius 2 is 1.74 bits per heavy atom. The van der Waals surface area contributed by atoms with Gasteiger partial charge in [0.1, 0.15) is 17.9 Å². The number of benzene rings is 2. The molecule has 7 nitrogen and oxygen atoms in total. The molecule has 3 aliphatic rings. The summed E-state index contributed by atoms with van der Waals surface area (Å²) in [5, 5.41) is 10.9. The molecule has 6 rings (SSSR count). The van der Waals surface area contributed by atoms with Crippen molar-refractivity contribution in [2.45, 2.75) is 62.3 Å². The monoisotopic (exact) mass is 491 g/mol. The molecule has 2 heterocycles. The van der Waals surface area contributed by atoms with Crippen LogP contribution in [0.1, 0.15) is 56.6 Å². The van der Waals surface area contributed by atoms with Gasteiger partial charge in [-0.3, -0.25) is 4.72 Å². The minimum atomic E-state index is -3.31. The molecule has 2 saturated carbocycles. The molecule has 8 heteroatoms. The molecule has 3 aromatic rings. The van der Waals surface area contributed by atoms with Crippen molar-refractivity contribution >= 4 is 26.6 Å². The zero-order valence-electron chi connectivity index (χ0n) is 19.6. The van der Waals surface area contributed by atoms with Gasteiger partial charge in [0.05, 0.1) is 35.2 Å². The maximum Gasteiger partial charge on any atom is 0.235 e. The van der Waals surface area contributed by atoms with Crippen LogP contribution in [-0.4, -0.2) is 37.6 Å². The lowest BCUT2D eigenvalue weighted by Crippen LogP contribution is -2.25. The van der Waals surface area contributed by atoms with Crippen molar-refractivity contribution < 1.29 is 17.9 Å². The number of ether oxygens (including phenoxy) is 2. The van der Waals surface area contributed by atoms with Crippen LogP contribution in [0.25, 0.3) is 22.2 Å². The van der Waals surface area contributed by atoms with Crippen LogP contribution in [0.3, 0.4) is 0 Å². The second kappa shape index (κ2) is 8.89. The van der Waals surface area contributed by atoms with E-state index in [0.717, 1.165) is 66.4 Å². The second-order valence-corrected chi connectivity index (χ2v) is 11.8. The number of rotatable bonds is 7. The molecule has 0 atom stereocenters. The van der Waals surface area contributed by atoms with Crippen molar-refractivity contribution in [2.75, 3.05) is 17.9 Å². The van der Waals surface area contributed by atoms with E-state index in [2.05, 4.69) is 21.4 Å². The Bertz CT molecular complexity index is 1390. The highest BCUT2D eigenvalue weighted by Gasteiger charge is 2.35. The Balaban J connectivity index is 1.39. The van der Waals surface area contributed by atoms with Gasteiger partial charge in [0.2, 0.25) is 10.0 Å². The van der Waals surface area contributed by atoms with Gasteiger partial charge in [-0.1, -0.05) is 12.1 Å². The largest absolute Gasteiger partial charge is 0.490 e. The molecule has 0 bridgehead atoms. The third-order valence-electron chi connectivity index (χ3n) is 7.38. The van der Waals surface area contributed by atoms with Crippen molar-refractivity contribution in [1.82, 2.24) is 4.57 Å². The standard InChI is InChI=1S/C27H29N3O4S/c28-17-25-24-16-22(34-21-12-14-33-15-13-21)8-11-26(24)30(20-2-1-3-20)27(25)18-4-6-19(7-5-18)29-35(31,32)23-9-10-23/h4-8,11,16,20-21,23,29H,1-3,9-10,12-15H2. The molecule has 3 fully saturated rings. The molecule has 1 aromatic heterocycles. The van der Waals surface area contributed by atoms with Crippen LogP contribution in [0, 0.1) is 11.3 Å². The Morgan fingerprint density at radius 1 is 1.00 bits per heavy atom. The zero-order chi connectivity index (χ0) is 24.0. The molecule has 1 saturated heterocycles. The lowest BCUT2D eigenvalue weighted by Gasteiger charge is -2.30. The smallest absolute Gasteiger partial charge is 0.235 e. The first kappa shape index (κ1) is 22.4. The molecule has 1 aliphatic heterocycles. The van der Waals surface area contributed by atoms with Crippen LogP contribution >= 0.6 is 0 Å². The first-order valence-corrected chi connectivity index (χ1v) is 14.0. The Morgan fingerprint density at radius 3 is 2.37 bits per heavy atom. The van der Waals surface area contributed by atoms with Crippen molar-refractivity contribution in [3.63, 3.8) is 0 Å². The van der Waals surface area contributed by atoms with E-state index >= 15 is 0 Å². The van der Waals surface area contributed by atoms with E-state index in [1.807, 2.05) is 24.3 Å². The maximum atomic E-state index is 12.3. The SMILES string of the molecule is N#Cc1c(-c2ccc(NS(=O)(=O)C3CC3)cc2)n(C2CCC2)c2ccc(OC3CCOCC3)cc12. The van der Waals surface area contributed by atoms with Gasteiger partial charge in [0.25, 0.3) is 0 Å². The molecule has 0 radical (unpaired) electrons. The van der Waals surface area contributed by atoms with Crippen LogP contribution < -0.4 is 9.46 Å². The van der Waals surface area contributed by atoms with Crippen molar-refractivity contribution in [1.29, 1.82) is 5.26 Å². The summed E-state index contributed by atoms with van der Waals surface area (Å²) in [4.78, 5) is 0. The van der Waals surface area contributed by atoms with E-state index in [4.69, 9.17) is 9.47 Å². The van der Waals surface area contributed by atoms with Gasteiger partial charge in [0.15, 0.2) is 0 Å². The molecule has 35 heavy (non-hydrogen) atoms. The van der Waals surface area contributed by atoms with Gasteiger partial charge < -0.3 is 14.0 Å². The fourth-order valence-electron chi connectivity index (χ4n) is 5.10. The number of aromatic nitrogens is 1. The van der Waals surface area contributed by atoms with E-state index in [1.165, 1.54) is 6.42 Å². The van der Waals surface area contributed by atoms with E-state index in [0.29, 0.717) is 30.5 Å². The number of nitrogens with one attached hydrogen (secondary N) is 1. The minimum absolute atomic E-state index is 0.131. The molecule has 1 N–H and O–H groups in total. The Kier molecular flexibility index (Phi) is 5.70. The fourth-order valence-corrected chi connectivity index (χ4v) is 6.48. The summed E-state index contributed by atoms with van der Waals surface area (Å²) in [7, 11) is -3.31. The molecule has 0 spiro atoms. The van der Waals surface area contributed by atoms with Gasteiger partial charge in [0, 0.05) is 30.0 Å². The highest BCUT2D eigenvalue weighted by molar-refractivity contribution is 7.93. The summed E-state index contributed by atoms with van der Waals surface area (Å²) in [6.45, 7) is 1.43. The van der Waals surface area contributed by atoms with Gasteiger partial charge in [-0.25, -0.2) is 8.42 Å². The van der Waals surface area contributed by atoms with Crippen molar-refractivity contribution in [3.8, 4) is 23.1 Å². The topological polar surface area (TPSA) is 93.4 Å². The third kappa shape index (κ3) is 4.28. The average Bonchev–Trinajstić information content (AvgIpc) is 3.64. The Hall–Kier alpha value is -3.02. The maximum absolute atomic E-state index is 12.3.